The minimum atomic E-state index is -0.363. The van der Waals surface area contributed by atoms with E-state index in [0.717, 1.165) is 45.3 Å². The molecular formula is C14H28N2O3. The Labute approximate surface area is 116 Å². The molecule has 3 unspecified atom stereocenters. The lowest BCUT2D eigenvalue weighted by Gasteiger charge is -2.38. The van der Waals surface area contributed by atoms with Gasteiger partial charge in [0.05, 0.1) is 13.2 Å². The summed E-state index contributed by atoms with van der Waals surface area (Å²) in [5.74, 6) is 0.442. The Morgan fingerprint density at radius 1 is 1.47 bits per heavy atom. The lowest BCUT2D eigenvalue weighted by molar-refractivity contribution is 0.0817. The van der Waals surface area contributed by atoms with Gasteiger partial charge in [0.1, 0.15) is 0 Å². The maximum absolute atomic E-state index is 11.3. The van der Waals surface area contributed by atoms with Gasteiger partial charge in [-0.1, -0.05) is 13.8 Å². The third kappa shape index (κ3) is 5.78. The molecule has 1 aliphatic heterocycles. The molecule has 2 N–H and O–H groups in total. The molecule has 0 aromatic heterocycles. The smallest absolute Gasteiger partial charge is 0.407 e. The summed E-state index contributed by atoms with van der Waals surface area (Å²) in [5.41, 5.74) is 0. The lowest BCUT2D eigenvalue weighted by atomic mass is 9.89. The van der Waals surface area contributed by atoms with Gasteiger partial charge in [0, 0.05) is 19.1 Å². The molecule has 1 rings (SSSR count). The summed E-state index contributed by atoms with van der Waals surface area (Å²) in [4.78, 5) is 13.7. The molecule has 0 aromatic rings. The van der Waals surface area contributed by atoms with Gasteiger partial charge in [-0.2, -0.15) is 0 Å². The van der Waals surface area contributed by atoms with Crippen LogP contribution in [-0.4, -0.2) is 55.0 Å². The van der Waals surface area contributed by atoms with Gasteiger partial charge in [-0.3, -0.25) is 0 Å². The number of amides is 1. The van der Waals surface area contributed by atoms with Crippen molar-refractivity contribution in [2.75, 3.05) is 26.7 Å². The summed E-state index contributed by atoms with van der Waals surface area (Å²) in [6, 6.07) is 0.127. The Balaban J connectivity index is 2.54. The number of aliphatic hydroxyl groups excluding tert-OH is 1. The normalized spacial score (nSPS) is 25.9. The fraction of sp³-hybridized carbons (Fsp3) is 0.929. The molecule has 1 aliphatic rings. The molecule has 5 nitrogen and oxygen atoms in total. The maximum atomic E-state index is 11.3. The number of hydrogen-bond donors (Lipinski definition) is 2. The van der Waals surface area contributed by atoms with E-state index in [-0.39, 0.29) is 18.2 Å². The number of methoxy groups -OCH3 is 1. The molecule has 1 saturated heterocycles. The second kappa shape index (κ2) is 8.38. The third-order valence-electron chi connectivity index (χ3n) is 3.74. The summed E-state index contributed by atoms with van der Waals surface area (Å²) >= 11 is 0. The van der Waals surface area contributed by atoms with Gasteiger partial charge in [0.15, 0.2) is 0 Å². The van der Waals surface area contributed by atoms with Crippen molar-refractivity contribution < 1.29 is 14.6 Å². The zero-order valence-electron chi connectivity index (χ0n) is 12.4. The number of carbonyl (C=O) groups excluding carboxylic acids is 1. The van der Waals surface area contributed by atoms with Crippen molar-refractivity contribution in [3.63, 3.8) is 0 Å². The topological polar surface area (TPSA) is 61.8 Å². The first-order valence-corrected chi connectivity index (χ1v) is 7.33. The molecule has 0 aliphatic carbocycles. The van der Waals surface area contributed by atoms with Crippen molar-refractivity contribution in [3.05, 3.63) is 0 Å². The number of aliphatic hydroxyl groups is 1. The number of nitrogens with zero attached hydrogens (tertiary/aromatic N) is 1. The molecule has 1 fully saturated rings. The van der Waals surface area contributed by atoms with Crippen molar-refractivity contribution in [2.24, 2.45) is 5.92 Å². The zero-order chi connectivity index (χ0) is 14.3. The molecular weight excluding hydrogens is 244 g/mol. The van der Waals surface area contributed by atoms with E-state index in [4.69, 9.17) is 0 Å². The Morgan fingerprint density at radius 3 is 2.79 bits per heavy atom. The van der Waals surface area contributed by atoms with Crippen LogP contribution >= 0.6 is 0 Å². The second-order valence-electron chi connectivity index (χ2n) is 5.49. The number of piperidine rings is 1. The number of alkyl carbamates (subject to hydrolysis) is 1. The van der Waals surface area contributed by atoms with E-state index in [1.807, 2.05) is 6.92 Å². The van der Waals surface area contributed by atoms with Crippen LogP contribution in [0.2, 0.25) is 0 Å². The zero-order valence-corrected chi connectivity index (χ0v) is 12.4. The molecule has 1 amide bonds. The summed E-state index contributed by atoms with van der Waals surface area (Å²) < 4.78 is 4.67. The number of rotatable bonds is 6. The van der Waals surface area contributed by atoms with Crippen LogP contribution in [-0.2, 0) is 4.74 Å². The highest BCUT2D eigenvalue weighted by molar-refractivity contribution is 5.67. The minimum Gasteiger partial charge on any atom is -0.453 e. The summed E-state index contributed by atoms with van der Waals surface area (Å²) in [7, 11) is 1.39. The SMILES string of the molecule is CCCN1CC(CC(O)CC)CC(NC(=O)OC)C1. The van der Waals surface area contributed by atoms with Crippen molar-refractivity contribution in [1.29, 1.82) is 0 Å². The number of carbonyl (C=O) groups is 1. The average molecular weight is 272 g/mol. The fourth-order valence-corrected chi connectivity index (χ4v) is 2.85. The molecule has 0 bridgehead atoms. The van der Waals surface area contributed by atoms with E-state index < -0.39 is 0 Å². The average Bonchev–Trinajstić information content (AvgIpc) is 2.38. The molecule has 0 spiro atoms. The van der Waals surface area contributed by atoms with Crippen LogP contribution in [0.4, 0.5) is 4.79 Å². The van der Waals surface area contributed by atoms with Gasteiger partial charge in [0.2, 0.25) is 0 Å². The van der Waals surface area contributed by atoms with E-state index in [0.29, 0.717) is 5.92 Å². The minimum absolute atomic E-state index is 0.127. The van der Waals surface area contributed by atoms with Crippen molar-refractivity contribution in [2.45, 2.75) is 51.7 Å². The molecule has 5 heteroatoms. The molecule has 0 radical (unpaired) electrons. The van der Waals surface area contributed by atoms with Gasteiger partial charge in [0.25, 0.3) is 0 Å². The summed E-state index contributed by atoms with van der Waals surface area (Å²) in [6.45, 7) is 7.10. The van der Waals surface area contributed by atoms with Crippen LogP contribution in [0.5, 0.6) is 0 Å². The van der Waals surface area contributed by atoms with Crippen LogP contribution < -0.4 is 5.32 Å². The lowest BCUT2D eigenvalue weighted by Crippen LogP contribution is -2.51. The molecule has 3 atom stereocenters. The van der Waals surface area contributed by atoms with Crippen LogP contribution in [0.25, 0.3) is 0 Å². The van der Waals surface area contributed by atoms with Crippen LogP contribution in [0.15, 0.2) is 0 Å². The molecule has 19 heavy (non-hydrogen) atoms. The Kier molecular flexibility index (Phi) is 7.16. The van der Waals surface area contributed by atoms with E-state index in [1.54, 1.807) is 0 Å². The Hall–Kier alpha value is -0.810. The highest BCUT2D eigenvalue weighted by Gasteiger charge is 2.29. The number of likely N-dealkylation sites (tertiary alicyclic amines) is 1. The van der Waals surface area contributed by atoms with Crippen molar-refractivity contribution in [3.8, 4) is 0 Å². The van der Waals surface area contributed by atoms with Gasteiger partial charge in [-0.15, -0.1) is 0 Å². The monoisotopic (exact) mass is 272 g/mol. The Bertz CT molecular complexity index is 273. The third-order valence-corrected chi connectivity index (χ3v) is 3.74. The predicted octanol–water partition coefficient (Wildman–Crippen LogP) is 1.60. The van der Waals surface area contributed by atoms with Crippen LogP contribution in [0.1, 0.15) is 39.5 Å². The number of hydrogen-bond acceptors (Lipinski definition) is 4. The van der Waals surface area contributed by atoms with Crippen LogP contribution in [0.3, 0.4) is 0 Å². The van der Waals surface area contributed by atoms with Crippen molar-refractivity contribution in [1.82, 2.24) is 10.2 Å². The standard InChI is InChI=1S/C14H28N2O3/c1-4-6-16-9-11(8-13(17)5-2)7-12(10-16)15-14(18)19-3/h11-13,17H,4-10H2,1-3H3,(H,15,18). The van der Waals surface area contributed by atoms with Crippen molar-refractivity contribution >= 4 is 6.09 Å². The quantitative estimate of drug-likeness (QED) is 0.771. The van der Waals surface area contributed by atoms with E-state index >= 15 is 0 Å². The highest BCUT2D eigenvalue weighted by atomic mass is 16.5. The Morgan fingerprint density at radius 2 is 2.21 bits per heavy atom. The molecule has 0 saturated carbocycles. The van der Waals surface area contributed by atoms with E-state index in [2.05, 4.69) is 21.9 Å². The second-order valence-corrected chi connectivity index (χ2v) is 5.49. The largest absolute Gasteiger partial charge is 0.453 e. The van der Waals surface area contributed by atoms with Crippen LogP contribution in [0, 0.1) is 5.92 Å². The first-order chi connectivity index (χ1) is 9.08. The van der Waals surface area contributed by atoms with Gasteiger partial charge in [-0.25, -0.2) is 4.79 Å². The van der Waals surface area contributed by atoms with E-state index in [9.17, 15) is 9.90 Å². The van der Waals surface area contributed by atoms with Gasteiger partial charge < -0.3 is 20.1 Å². The highest BCUT2D eigenvalue weighted by Crippen LogP contribution is 2.22. The summed E-state index contributed by atoms with van der Waals surface area (Å²) in [5, 5.41) is 12.7. The fourth-order valence-electron chi connectivity index (χ4n) is 2.85. The molecule has 112 valence electrons. The molecule has 1 heterocycles. The maximum Gasteiger partial charge on any atom is 0.407 e. The first-order valence-electron chi connectivity index (χ1n) is 7.33. The molecule has 0 aromatic carbocycles. The van der Waals surface area contributed by atoms with E-state index in [1.165, 1.54) is 7.11 Å². The predicted molar refractivity (Wildman–Crippen MR) is 75.1 cm³/mol. The first kappa shape index (κ1) is 16.2. The van der Waals surface area contributed by atoms with Gasteiger partial charge >= 0.3 is 6.09 Å². The summed E-state index contributed by atoms with van der Waals surface area (Å²) in [6.07, 6.45) is 3.04. The number of ether oxygens (including phenoxy) is 1. The number of nitrogens with one attached hydrogen (secondary N) is 1. The van der Waals surface area contributed by atoms with Gasteiger partial charge in [-0.05, 0) is 38.1 Å².